The predicted octanol–water partition coefficient (Wildman–Crippen LogP) is 3.18. The minimum absolute atomic E-state index is 0.480. The zero-order valence-electron chi connectivity index (χ0n) is 15.9. The van der Waals surface area contributed by atoms with Crippen molar-refractivity contribution in [2.24, 2.45) is 0 Å². The molecule has 142 valence electrons. The van der Waals surface area contributed by atoms with Crippen molar-refractivity contribution in [1.82, 2.24) is 0 Å². The highest BCUT2D eigenvalue weighted by atomic mass is 32.2. The molecular formula is C21H25N2O3S+. The molecule has 6 heteroatoms. The van der Waals surface area contributed by atoms with Crippen molar-refractivity contribution in [3.05, 3.63) is 53.6 Å². The molecule has 0 bridgehead atoms. The standard InChI is InChI=1S/C21H25N2O3S/c1-15-5-8-17(9-6-15)22-14-21(24,23-11-4-12-27-20(22)23)16-7-10-18(25-2)19(13-16)26-3/h5-10,13,24H,4,11-12,14H2,1-3H3/q+1/t21-/m1/s1. The Balaban J connectivity index is 1.78. The highest BCUT2D eigenvalue weighted by molar-refractivity contribution is 8.13. The van der Waals surface area contributed by atoms with Gasteiger partial charge in [-0.25, -0.2) is 9.48 Å². The molecule has 4 rings (SSSR count). The van der Waals surface area contributed by atoms with Crippen LogP contribution in [-0.2, 0) is 5.72 Å². The molecule has 0 amide bonds. The van der Waals surface area contributed by atoms with Crippen LogP contribution in [-0.4, -0.2) is 47.9 Å². The third-order valence-electron chi connectivity index (χ3n) is 5.24. The van der Waals surface area contributed by atoms with E-state index in [0.29, 0.717) is 18.0 Å². The van der Waals surface area contributed by atoms with E-state index in [2.05, 4.69) is 40.7 Å². The number of thioether (sulfide) groups is 1. The molecule has 0 unspecified atom stereocenters. The maximum absolute atomic E-state index is 11.8. The van der Waals surface area contributed by atoms with Gasteiger partial charge < -0.3 is 14.6 Å². The summed E-state index contributed by atoms with van der Waals surface area (Å²) < 4.78 is 12.9. The van der Waals surface area contributed by atoms with E-state index >= 15 is 0 Å². The van der Waals surface area contributed by atoms with Crippen molar-refractivity contribution in [2.45, 2.75) is 19.1 Å². The fraction of sp³-hybridized carbons (Fsp3) is 0.381. The van der Waals surface area contributed by atoms with Gasteiger partial charge in [-0.2, -0.15) is 0 Å². The topological polar surface area (TPSA) is 44.9 Å². The average Bonchev–Trinajstić information content (AvgIpc) is 3.02. The minimum Gasteiger partial charge on any atom is -0.493 e. The lowest BCUT2D eigenvalue weighted by Crippen LogP contribution is -2.41. The van der Waals surface area contributed by atoms with Crippen molar-refractivity contribution in [3.8, 4) is 11.5 Å². The first-order valence-corrected chi connectivity index (χ1v) is 10.1. The van der Waals surface area contributed by atoms with E-state index in [1.54, 1.807) is 14.2 Å². The summed E-state index contributed by atoms with van der Waals surface area (Å²) in [5.41, 5.74) is 2.04. The summed E-state index contributed by atoms with van der Waals surface area (Å²) in [4.78, 5) is 2.22. The summed E-state index contributed by atoms with van der Waals surface area (Å²) in [6, 6.07) is 14.1. The Hall–Kier alpha value is -2.18. The molecule has 1 atom stereocenters. The zero-order chi connectivity index (χ0) is 19.0. The van der Waals surface area contributed by atoms with Crippen LogP contribution in [0.4, 0.5) is 5.69 Å². The number of nitrogens with zero attached hydrogens (tertiary/aromatic N) is 2. The minimum atomic E-state index is -1.10. The Labute approximate surface area is 164 Å². The Bertz CT molecular complexity index is 881. The van der Waals surface area contributed by atoms with Crippen LogP contribution < -0.4 is 14.4 Å². The normalized spacial score (nSPS) is 22.0. The summed E-state index contributed by atoms with van der Waals surface area (Å²) >= 11 is 1.81. The van der Waals surface area contributed by atoms with Gasteiger partial charge in [0.2, 0.25) is 0 Å². The fourth-order valence-corrected chi connectivity index (χ4v) is 4.94. The second kappa shape index (κ2) is 7.09. The lowest BCUT2D eigenvalue weighted by molar-refractivity contribution is -0.656. The first-order chi connectivity index (χ1) is 13.1. The quantitative estimate of drug-likeness (QED) is 0.819. The molecule has 0 saturated heterocycles. The molecule has 27 heavy (non-hydrogen) atoms. The molecule has 1 N–H and O–H groups in total. The molecular weight excluding hydrogens is 360 g/mol. The van der Waals surface area contributed by atoms with Crippen molar-refractivity contribution >= 4 is 22.6 Å². The number of methoxy groups -OCH3 is 2. The summed E-state index contributed by atoms with van der Waals surface area (Å²) in [6.45, 7) is 3.39. The number of aryl methyl sites for hydroxylation is 1. The largest absolute Gasteiger partial charge is 0.493 e. The van der Waals surface area contributed by atoms with E-state index < -0.39 is 5.72 Å². The van der Waals surface area contributed by atoms with Crippen LogP contribution in [0.3, 0.4) is 0 Å². The van der Waals surface area contributed by atoms with Gasteiger partial charge in [0.1, 0.15) is 5.69 Å². The van der Waals surface area contributed by atoms with Crippen LogP contribution in [0.25, 0.3) is 0 Å². The summed E-state index contributed by atoms with van der Waals surface area (Å²) in [7, 11) is 3.24. The number of β-amino-alcohol motifs (C(OH)–C–C–N with tert-alkyl or cyclic N) is 1. The molecule has 0 aromatic heterocycles. The van der Waals surface area contributed by atoms with E-state index in [-0.39, 0.29) is 0 Å². The first-order valence-electron chi connectivity index (χ1n) is 9.13. The van der Waals surface area contributed by atoms with Crippen LogP contribution in [0, 0.1) is 6.92 Å². The second-order valence-electron chi connectivity index (χ2n) is 6.94. The molecule has 2 heterocycles. The molecule has 5 nitrogen and oxygen atoms in total. The predicted molar refractivity (Wildman–Crippen MR) is 109 cm³/mol. The van der Waals surface area contributed by atoms with Gasteiger partial charge in [-0.05, 0) is 55.4 Å². The van der Waals surface area contributed by atoms with Crippen LogP contribution in [0.1, 0.15) is 17.5 Å². The SMILES string of the molecule is COc1ccc([C@]2(O)CN(c3ccc(C)cc3)C3=[N+]2CCCS3)cc1OC. The third kappa shape index (κ3) is 3.07. The molecule has 2 aliphatic rings. The first kappa shape index (κ1) is 18.2. The monoisotopic (exact) mass is 385 g/mol. The Morgan fingerprint density at radius 3 is 2.52 bits per heavy atom. The molecule has 0 radical (unpaired) electrons. The summed E-state index contributed by atoms with van der Waals surface area (Å²) in [6.07, 6.45) is 1.05. The molecule has 2 aromatic carbocycles. The van der Waals surface area contributed by atoms with Crippen LogP contribution >= 0.6 is 11.8 Å². The maximum Gasteiger partial charge on any atom is 0.316 e. The van der Waals surface area contributed by atoms with Crippen molar-refractivity contribution in [1.29, 1.82) is 0 Å². The van der Waals surface area contributed by atoms with E-state index in [9.17, 15) is 5.11 Å². The van der Waals surface area contributed by atoms with Gasteiger partial charge in [-0.1, -0.05) is 17.7 Å². The zero-order valence-corrected chi connectivity index (χ0v) is 16.8. The molecule has 0 aliphatic carbocycles. The Morgan fingerprint density at radius 2 is 1.81 bits per heavy atom. The number of ether oxygens (including phenoxy) is 2. The maximum atomic E-state index is 11.8. The fourth-order valence-electron chi connectivity index (χ4n) is 3.76. The number of hydrogen-bond donors (Lipinski definition) is 1. The number of anilines is 1. The summed E-state index contributed by atoms with van der Waals surface area (Å²) in [5, 5.41) is 12.9. The van der Waals surface area contributed by atoms with Crippen molar-refractivity contribution in [3.63, 3.8) is 0 Å². The van der Waals surface area contributed by atoms with Gasteiger partial charge in [-0.3, -0.25) is 0 Å². The number of benzene rings is 2. The molecule has 2 aromatic rings. The smallest absolute Gasteiger partial charge is 0.316 e. The van der Waals surface area contributed by atoms with Gasteiger partial charge in [0, 0.05) is 11.3 Å². The van der Waals surface area contributed by atoms with Crippen LogP contribution in [0.15, 0.2) is 42.5 Å². The number of amidine groups is 1. The Morgan fingerprint density at radius 1 is 1.07 bits per heavy atom. The van der Waals surface area contributed by atoms with Gasteiger partial charge in [0.15, 0.2) is 18.0 Å². The molecule has 2 aliphatic heterocycles. The van der Waals surface area contributed by atoms with Gasteiger partial charge in [0.25, 0.3) is 5.72 Å². The van der Waals surface area contributed by atoms with Crippen molar-refractivity contribution < 1.29 is 19.2 Å². The van der Waals surface area contributed by atoms with E-state index in [4.69, 9.17) is 9.47 Å². The molecule has 0 spiro atoms. The molecule has 0 fully saturated rings. The van der Waals surface area contributed by atoms with Gasteiger partial charge >= 0.3 is 5.17 Å². The van der Waals surface area contributed by atoms with Crippen molar-refractivity contribution in [2.75, 3.05) is 38.0 Å². The lowest BCUT2D eigenvalue weighted by Gasteiger charge is -2.25. The number of hydrogen-bond acceptors (Lipinski definition) is 5. The van der Waals surface area contributed by atoms with E-state index in [1.165, 1.54) is 5.56 Å². The summed E-state index contributed by atoms with van der Waals surface area (Å²) in [5.74, 6) is 2.36. The molecule has 0 saturated carbocycles. The Kier molecular flexibility index (Phi) is 4.78. The van der Waals surface area contributed by atoms with Gasteiger partial charge in [0.05, 0.1) is 20.8 Å². The van der Waals surface area contributed by atoms with E-state index in [1.807, 2.05) is 30.0 Å². The third-order valence-corrected chi connectivity index (χ3v) is 6.43. The van der Waals surface area contributed by atoms with Crippen LogP contribution in [0.2, 0.25) is 0 Å². The van der Waals surface area contributed by atoms with Crippen LogP contribution in [0.5, 0.6) is 11.5 Å². The lowest BCUT2D eigenvalue weighted by atomic mass is 10.0. The van der Waals surface area contributed by atoms with Gasteiger partial charge in [-0.15, -0.1) is 0 Å². The number of rotatable bonds is 4. The van der Waals surface area contributed by atoms with E-state index in [0.717, 1.165) is 35.1 Å². The highest BCUT2D eigenvalue weighted by Gasteiger charge is 2.53. The number of aliphatic hydroxyl groups is 1. The average molecular weight is 386 g/mol. The second-order valence-corrected chi connectivity index (χ2v) is 8.01. The highest BCUT2D eigenvalue weighted by Crippen LogP contribution is 2.40.